The fourth-order valence-corrected chi connectivity index (χ4v) is 1.94. The third-order valence-electron chi connectivity index (χ3n) is 3.87. The first kappa shape index (κ1) is 16.1. The highest BCUT2D eigenvalue weighted by Gasteiger charge is 2.39. The van der Waals surface area contributed by atoms with Gasteiger partial charge in [0.15, 0.2) is 0 Å². The Balaban J connectivity index is 2.65. The van der Waals surface area contributed by atoms with Crippen LogP contribution < -0.4 is 10.6 Å². The number of rotatable bonds is 5. The molecule has 112 valence electrons. The van der Waals surface area contributed by atoms with Gasteiger partial charge in [0.25, 0.3) is 0 Å². The molecule has 1 saturated heterocycles. The van der Waals surface area contributed by atoms with E-state index in [2.05, 4.69) is 10.6 Å². The largest absolute Gasteiger partial charge is 0.481 e. The lowest BCUT2D eigenvalue weighted by atomic mass is 9.76. The van der Waals surface area contributed by atoms with Crippen LogP contribution in [0.3, 0.4) is 0 Å². The lowest BCUT2D eigenvalue weighted by Gasteiger charge is -2.29. The molecule has 2 unspecified atom stereocenters. The average Bonchev–Trinajstić information content (AvgIpc) is 2.32. The molecule has 0 aromatic carbocycles. The molecular weight excluding hydrogens is 264 g/mol. The van der Waals surface area contributed by atoms with Crippen LogP contribution in [0.5, 0.6) is 0 Å². The lowest BCUT2D eigenvalue weighted by Crippen LogP contribution is -2.53. The molecule has 2 atom stereocenters. The van der Waals surface area contributed by atoms with Gasteiger partial charge in [0.05, 0.1) is 5.41 Å². The second kappa shape index (κ2) is 6.02. The summed E-state index contributed by atoms with van der Waals surface area (Å²) >= 11 is 0. The van der Waals surface area contributed by atoms with Crippen LogP contribution in [0.4, 0.5) is 0 Å². The number of aliphatic carboxylic acids is 1. The van der Waals surface area contributed by atoms with Crippen molar-refractivity contribution in [3.8, 4) is 0 Å². The molecule has 1 aliphatic rings. The number of amides is 3. The topological polar surface area (TPSA) is 113 Å². The number of piperidine rings is 1. The summed E-state index contributed by atoms with van der Waals surface area (Å²) in [7, 11) is 0. The first-order valence-corrected chi connectivity index (χ1v) is 6.53. The van der Waals surface area contributed by atoms with Crippen molar-refractivity contribution < 1.29 is 24.3 Å². The van der Waals surface area contributed by atoms with E-state index < -0.39 is 29.2 Å². The molecule has 0 aliphatic carbocycles. The van der Waals surface area contributed by atoms with Crippen LogP contribution in [0, 0.1) is 11.3 Å². The Hall–Kier alpha value is -1.92. The third-order valence-corrected chi connectivity index (χ3v) is 3.87. The third kappa shape index (κ3) is 3.55. The van der Waals surface area contributed by atoms with Gasteiger partial charge in [-0.3, -0.25) is 24.5 Å². The molecule has 3 amide bonds. The first-order valence-electron chi connectivity index (χ1n) is 6.53. The molecule has 0 saturated carbocycles. The van der Waals surface area contributed by atoms with E-state index in [4.69, 9.17) is 0 Å². The summed E-state index contributed by atoms with van der Waals surface area (Å²) in [5.41, 5.74) is -1.19. The van der Waals surface area contributed by atoms with Crippen molar-refractivity contribution in [3.05, 3.63) is 0 Å². The highest BCUT2D eigenvalue weighted by molar-refractivity contribution is 6.01. The van der Waals surface area contributed by atoms with Crippen LogP contribution in [0.25, 0.3) is 0 Å². The van der Waals surface area contributed by atoms with Gasteiger partial charge in [-0.1, -0.05) is 13.8 Å². The average molecular weight is 284 g/mol. The molecule has 3 N–H and O–H groups in total. The standard InChI is InChI=1S/C13H20N2O5/c1-7(2)13(3,12(19)20)6-10(17)14-8-4-5-9(16)15-11(8)18/h7-8H,4-6H2,1-3H3,(H,14,17)(H,19,20)(H,15,16,18). The molecule has 20 heavy (non-hydrogen) atoms. The molecule has 1 heterocycles. The molecule has 0 spiro atoms. The molecule has 1 aliphatic heterocycles. The number of imide groups is 1. The summed E-state index contributed by atoms with van der Waals surface area (Å²) in [6.45, 7) is 4.96. The van der Waals surface area contributed by atoms with Gasteiger partial charge >= 0.3 is 5.97 Å². The van der Waals surface area contributed by atoms with E-state index in [-0.39, 0.29) is 31.1 Å². The molecule has 1 rings (SSSR count). The number of carbonyl (C=O) groups is 4. The maximum atomic E-state index is 11.9. The van der Waals surface area contributed by atoms with Gasteiger partial charge in [0.1, 0.15) is 6.04 Å². The molecule has 7 nitrogen and oxygen atoms in total. The summed E-state index contributed by atoms with van der Waals surface area (Å²) in [5.74, 6) is -2.69. The van der Waals surface area contributed by atoms with Gasteiger partial charge in [-0.05, 0) is 19.3 Å². The Morgan fingerprint density at radius 2 is 2.05 bits per heavy atom. The molecule has 1 fully saturated rings. The van der Waals surface area contributed by atoms with Crippen molar-refractivity contribution in [1.29, 1.82) is 0 Å². The second-order valence-corrected chi connectivity index (χ2v) is 5.63. The molecular formula is C13H20N2O5. The smallest absolute Gasteiger partial charge is 0.310 e. The van der Waals surface area contributed by atoms with Crippen LogP contribution in [0.15, 0.2) is 0 Å². The van der Waals surface area contributed by atoms with E-state index in [1.54, 1.807) is 13.8 Å². The van der Waals surface area contributed by atoms with Crippen molar-refractivity contribution in [1.82, 2.24) is 10.6 Å². The molecule has 0 radical (unpaired) electrons. The Bertz CT molecular complexity index is 446. The minimum atomic E-state index is -1.19. The van der Waals surface area contributed by atoms with Crippen LogP contribution in [-0.4, -0.2) is 34.8 Å². The highest BCUT2D eigenvalue weighted by atomic mass is 16.4. The Morgan fingerprint density at radius 3 is 2.50 bits per heavy atom. The summed E-state index contributed by atoms with van der Waals surface area (Å²) in [4.78, 5) is 45.7. The molecule has 0 bridgehead atoms. The monoisotopic (exact) mass is 284 g/mol. The van der Waals surface area contributed by atoms with E-state index in [0.717, 1.165) is 0 Å². The molecule has 7 heteroatoms. The first-order chi connectivity index (χ1) is 9.16. The zero-order valence-electron chi connectivity index (χ0n) is 11.9. The molecule has 0 aromatic heterocycles. The van der Waals surface area contributed by atoms with Gasteiger partial charge in [-0.2, -0.15) is 0 Å². The van der Waals surface area contributed by atoms with Crippen molar-refractivity contribution in [2.75, 3.05) is 0 Å². The minimum Gasteiger partial charge on any atom is -0.481 e. The second-order valence-electron chi connectivity index (χ2n) is 5.63. The fourth-order valence-electron chi connectivity index (χ4n) is 1.94. The molecule has 0 aromatic rings. The van der Waals surface area contributed by atoms with Gasteiger partial charge < -0.3 is 10.4 Å². The van der Waals surface area contributed by atoms with Crippen molar-refractivity contribution >= 4 is 23.7 Å². The predicted molar refractivity (Wildman–Crippen MR) is 69.5 cm³/mol. The van der Waals surface area contributed by atoms with Gasteiger partial charge in [-0.25, -0.2) is 0 Å². The number of hydrogen-bond donors (Lipinski definition) is 3. The van der Waals surface area contributed by atoms with Crippen LogP contribution in [0.1, 0.15) is 40.0 Å². The number of nitrogens with one attached hydrogen (secondary N) is 2. The van der Waals surface area contributed by atoms with E-state index >= 15 is 0 Å². The Morgan fingerprint density at radius 1 is 1.45 bits per heavy atom. The summed E-state index contributed by atoms with van der Waals surface area (Å²) in [5, 5.41) is 13.9. The SMILES string of the molecule is CC(C)C(C)(CC(=O)NC1CCC(=O)NC1=O)C(=O)O. The normalized spacial score (nSPS) is 22.1. The zero-order valence-corrected chi connectivity index (χ0v) is 11.9. The quantitative estimate of drug-likeness (QED) is 0.617. The zero-order chi connectivity index (χ0) is 15.5. The van der Waals surface area contributed by atoms with Gasteiger partial charge in [0.2, 0.25) is 17.7 Å². The van der Waals surface area contributed by atoms with Crippen LogP contribution in [-0.2, 0) is 19.2 Å². The van der Waals surface area contributed by atoms with Crippen molar-refractivity contribution in [3.63, 3.8) is 0 Å². The minimum absolute atomic E-state index is 0.164. The van der Waals surface area contributed by atoms with E-state index in [9.17, 15) is 24.3 Å². The van der Waals surface area contributed by atoms with Crippen molar-refractivity contribution in [2.24, 2.45) is 11.3 Å². The fraction of sp³-hybridized carbons (Fsp3) is 0.692. The highest BCUT2D eigenvalue weighted by Crippen LogP contribution is 2.31. The Labute approximate surface area is 117 Å². The number of carboxylic acid groups (broad SMARTS) is 1. The van der Waals surface area contributed by atoms with E-state index in [1.807, 2.05) is 0 Å². The summed E-state index contributed by atoms with van der Waals surface area (Å²) < 4.78 is 0. The van der Waals surface area contributed by atoms with Gasteiger partial charge in [-0.15, -0.1) is 0 Å². The predicted octanol–water partition coefficient (Wildman–Crippen LogP) is 0.0448. The summed E-state index contributed by atoms with van der Waals surface area (Å²) in [6, 6.07) is -0.773. The number of carboxylic acids is 1. The Kier molecular flexibility index (Phi) is 4.86. The maximum Gasteiger partial charge on any atom is 0.310 e. The summed E-state index contributed by atoms with van der Waals surface area (Å²) in [6.07, 6.45) is 0.191. The van der Waals surface area contributed by atoms with Gasteiger partial charge in [0, 0.05) is 12.8 Å². The maximum absolute atomic E-state index is 11.9. The van der Waals surface area contributed by atoms with Crippen molar-refractivity contribution in [2.45, 2.75) is 46.1 Å². The number of carbonyl (C=O) groups excluding carboxylic acids is 3. The van der Waals surface area contributed by atoms with Crippen LogP contribution >= 0.6 is 0 Å². The van der Waals surface area contributed by atoms with E-state index in [1.165, 1.54) is 6.92 Å². The number of hydrogen-bond acceptors (Lipinski definition) is 4. The lowest BCUT2D eigenvalue weighted by molar-refractivity contribution is -0.153. The van der Waals surface area contributed by atoms with E-state index in [0.29, 0.717) is 0 Å². The van der Waals surface area contributed by atoms with Crippen LogP contribution in [0.2, 0.25) is 0 Å².